The molecule has 1 aromatic heterocycles. The molecule has 1 N–H and O–H groups in total. The van der Waals surface area contributed by atoms with Crippen LogP contribution in [0.3, 0.4) is 0 Å². The number of amides is 1. The van der Waals surface area contributed by atoms with E-state index in [1.54, 1.807) is 49.3 Å². The number of nitrogens with one attached hydrogen (secondary N) is 1. The maximum Gasteiger partial charge on any atom is 0.253 e. The molecule has 0 spiro atoms. The Morgan fingerprint density at radius 1 is 1.48 bits per heavy atom. The molecule has 108 valence electrons. The average molecular weight is 284 g/mol. The van der Waals surface area contributed by atoms with Crippen molar-refractivity contribution in [2.75, 3.05) is 13.7 Å². The molecule has 0 unspecified atom stereocenters. The first kappa shape index (κ1) is 14.8. The van der Waals surface area contributed by atoms with Crippen LogP contribution in [0.25, 0.3) is 0 Å². The van der Waals surface area contributed by atoms with E-state index in [9.17, 15) is 4.79 Å². The monoisotopic (exact) mass is 284 g/mol. The second-order valence-corrected chi connectivity index (χ2v) is 4.52. The van der Waals surface area contributed by atoms with Crippen LogP contribution in [0.5, 0.6) is 0 Å². The first-order chi connectivity index (χ1) is 10.2. The summed E-state index contributed by atoms with van der Waals surface area (Å²) < 4.78 is 6.84. The number of aromatic nitrogens is 2. The fraction of sp³-hybridized carbons (Fsp3) is 0.267. The number of rotatable bonds is 5. The zero-order valence-electron chi connectivity index (χ0n) is 11.9. The molecule has 6 heteroatoms. The van der Waals surface area contributed by atoms with Crippen molar-refractivity contribution >= 4 is 5.91 Å². The number of hydrogen-bond donors (Lipinski definition) is 1. The lowest BCUT2D eigenvalue weighted by molar-refractivity contribution is 0.0892. The molecule has 0 saturated heterocycles. The van der Waals surface area contributed by atoms with Gasteiger partial charge in [-0.1, -0.05) is 12.1 Å². The quantitative estimate of drug-likeness (QED) is 0.900. The lowest BCUT2D eigenvalue weighted by atomic mass is 10.1. The van der Waals surface area contributed by atoms with Gasteiger partial charge in [-0.05, 0) is 18.2 Å². The number of ether oxygens (including phenoxy) is 1. The summed E-state index contributed by atoms with van der Waals surface area (Å²) in [5.41, 5.74) is 1.53. The minimum atomic E-state index is -0.332. The fourth-order valence-electron chi connectivity index (χ4n) is 2.11. The largest absolute Gasteiger partial charge is 0.382 e. The van der Waals surface area contributed by atoms with Crippen LogP contribution in [0.15, 0.2) is 36.5 Å². The summed E-state index contributed by atoms with van der Waals surface area (Å²) in [6.45, 7) is 0.319. The molecule has 1 atom stereocenters. The maximum atomic E-state index is 12.4. The van der Waals surface area contributed by atoms with Gasteiger partial charge in [-0.2, -0.15) is 10.4 Å². The number of aryl methyl sites for hydroxylation is 1. The van der Waals surface area contributed by atoms with Gasteiger partial charge >= 0.3 is 0 Å². The van der Waals surface area contributed by atoms with E-state index in [2.05, 4.69) is 10.4 Å². The van der Waals surface area contributed by atoms with E-state index in [0.717, 1.165) is 5.69 Å². The third-order valence-corrected chi connectivity index (χ3v) is 3.15. The van der Waals surface area contributed by atoms with Crippen molar-refractivity contribution in [2.45, 2.75) is 6.04 Å². The van der Waals surface area contributed by atoms with Crippen molar-refractivity contribution in [1.29, 1.82) is 5.26 Å². The summed E-state index contributed by atoms with van der Waals surface area (Å²) in [7, 11) is 3.37. The summed E-state index contributed by atoms with van der Waals surface area (Å²) in [6.07, 6.45) is 1.66. The Bertz CT molecular complexity index is 672. The lowest BCUT2D eigenvalue weighted by Crippen LogP contribution is -2.33. The highest BCUT2D eigenvalue weighted by Gasteiger charge is 2.19. The number of nitriles is 1. The minimum absolute atomic E-state index is 0.310. The first-order valence-corrected chi connectivity index (χ1v) is 6.44. The zero-order valence-corrected chi connectivity index (χ0v) is 11.9. The van der Waals surface area contributed by atoms with Gasteiger partial charge in [0.15, 0.2) is 0 Å². The zero-order chi connectivity index (χ0) is 15.2. The topological polar surface area (TPSA) is 79.9 Å². The minimum Gasteiger partial charge on any atom is -0.382 e. The number of carbonyl (C=O) groups is 1. The summed E-state index contributed by atoms with van der Waals surface area (Å²) in [5, 5.41) is 16.0. The van der Waals surface area contributed by atoms with Gasteiger partial charge in [-0.15, -0.1) is 0 Å². The van der Waals surface area contributed by atoms with Crippen LogP contribution in [0, 0.1) is 11.3 Å². The SMILES string of the molecule is COC[C@H](NC(=O)c1ccccc1C#N)c1ccnn1C. The average Bonchev–Trinajstić information content (AvgIpc) is 2.92. The van der Waals surface area contributed by atoms with Gasteiger partial charge in [0.2, 0.25) is 0 Å². The molecule has 0 saturated carbocycles. The summed E-state index contributed by atoms with van der Waals surface area (Å²) in [6, 6.07) is 10.2. The van der Waals surface area contributed by atoms with Crippen LogP contribution in [0.1, 0.15) is 27.7 Å². The van der Waals surface area contributed by atoms with E-state index in [-0.39, 0.29) is 11.9 Å². The molecule has 6 nitrogen and oxygen atoms in total. The number of methoxy groups -OCH3 is 1. The standard InChI is InChI=1S/C15H16N4O2/c1-19-14(7-8-17-19)13(10-21-2)18-15(20)12-6-4-3-5-11(12)9-16/h3-8,13H,10H2,1-2H3,(H,18,20)/t13-/m0/s1. The number of carbonyl (C=O) groups excluding carboxylic acids is 1. The van der Waals surface area contributed by atoms with Crippen molar-refractivity contribution < 1.29 is 9.53 Å². The van der Waals surface area contributed by atoms with Gasteiger partial charge in [0.25, 0.3) is 5.91 Å². The fourth-order valence-corrected chi connectivity index (χ4v) is 2.11. The van der Waals surface area contributed by atoms with Crippen LogP contribution in [0.4, 0.5) is 0 Å². The van der Waals surface area contributed by atoms with Crippen molar-refractivity contribution in [1.82, 2.24) is 15.1 Å². The van der Waals surface area contributed by atoms with Crippen molar-refractivity contribution in [3.05, 3.63) is 53.3 Å². The Labute approximate surface area is 123 Å². The molecule has 0 aliphatic rings. The van der Waals surface area contributed by atoms with Crippen molar-refractivity contribution in [3.63, 3.8) is 0 Å². The number of nitrogens with zero attached hydrogens (tertiary/aromatic N) is 3. The molecule has 0 bridgehead atoms. The molecule has 0 radical (unpaired) electrons. The van der Waals surface area contributed by atoms with Gasteiger partial charge in [-0.25, -0.2) is 0 Å². The summed E-state index contributed by atoms with van der Waals surface area (Å²) in [4.78, 5) is 12.4. The highest BCUT2D eigenvalue weighted by molar-refractivity contribution is 5.96. The van der Waals surface area contributed by atoms with E-state index < -0.39 is 0 Å². The van der Waals surface area contributed by atoms with Crippen LogP contribution >= 0.6 is 0 Å². The third-order valence-electron chi connectivity index (χ3n) is 3.15. The van der Waals surface area contributed by atoms with E-state index >= 15 is 0 Å². The molecule has 1 amide bonds. The van der Waals surface area contributed by atoms with Gasteiger partial charge in [0.1, 0.15) is 0 Å². The Morgan fingerprint density at radius 2 is 2.24 bits per heavy atom. The molecule has 0 aliphatic heterocycles. The van der Waals surface area contributed by atoms with Crippen LogP contribution in [-0.2, 0) is 11.8 Å². The van der Waals surface area contributed by atoms with E-state index in [4.69, 9.17) is 10.00 Å². The van der Waals surface area contributed by atoms with Crippen LogP contribution in [-0.4, -0.2) is 29.4 Å². The molecule has 1 aromatic carbocycles. The Morgan fingerprint density at radius 3 is 2.86 bits per heavy atom. The van der Waals surface area contributed by atoms with Gasteiger partial charge in [0.05, 0.1) is 35.5 Å². The maximum absolute atomic E-state index is 12.4. The molecule has 2 rings (SSSR count). The summed E-state index contributed by atoms with van der Waals surface area (Å²) in [5.74, 6) is -0.310. The molecule has 2 aromatic rings. The van der Waals surface area contributed by atoms with Crippen LogP contribution < -0.4 is 5.32 Å². The van der Waals surface area contributed by atoms with E-state index in [1.165, 1.54) is 0 Å². The van der Waals surface area contributed by atoms with E-state index in [0.29, 0.717) is 17.7 Å². The van der Waals surface area contributed by atoms with Crippen LogP contribution in [0.2, 0.25) is 0 Å². The predicted octanol–water partition coefficient (Wildman–Crippen LogP) is 1.41. The molecule has 0 aliphatic carbocycles. The Hall–Kier alpha value is -2.65. The predicted molar refractivity (Wildman–Crippen MR) is 76.4 cm³/mol. The Balaban J connectivity index is 2.23. The highest BCUT2D eigenvalue weighted by atomic mass is 16.5. The van der Waals surface area contributed by atoms with E-state index in [1.807, 2.05) is 12.1 Å². The normalized spacial score (nSPS) is 11.7. The van der Waals surface area contributed by atoms with Crippen molar-refractivity contribution in [3.8, 4) is 6.07 Å². The second-order valence-electron chi connectivity index (χ2n) is 4.52. The first-order valence-electron chi connectivity index (χ1n) is 6.44. The number of benzene rings is 1. The number of hydrogen-bond acceptors (Lipinski definition) is 4. The van der Waals surface area contributed by atoms with Gasteiger partial charge in [-0.3, -0.25) is 9.48 Å². The van der Waals surface area contributed by atoms with Crippen molar-refractivity contribution in [2.24, 2.45) is 7.05 Å². The van der Waals surface area contributed by atoms with Gasteiger partial charge in [0, 0.05) is 20.4 Å². The highest BCUT2D eigenvalue weighted by Crippen LogP contribution is 2.14. The molecular weight excluding hydrogens is 268 g/mol. The molecule has 0 fully saturated rings. The lowest BCUT2D eigenvalue weighted by Gasteiger charge is -2.18. The third kappa shape index (κ3) is 3.27. The molecular formula is C15H16N4O2. The second kappa shape index (κ2) is 6.68. The van der Waals surface area contributed by atoms with Gasteiger partial charge < -0.3 is 10.1 Å². The summed E-state index contributed by atoms with van der Waals surface area (Å²) >= 11 is 0. The molecule has 21 heavy (non-hydrogen) atoms. The smallest absolute Gasteiger partial charge is 0.253 e. The molecule has 1 heterocycles. The Kier molecular flexibility index (Phi) is 4.69.